The molecule has 102 valence electrons. The van der Waals surface area contributed by atoms with Gasteiger partial charge in [0.25, 0.3) is 0 Å². The Kier molecular flexibility index (Phi) is 4.14. The largest absolute Gasteiger partial charge is 0.480 e. The predicted octanol–water partition coefficient (Wildman–Crippen LogP) is 1.78. The van der Waals surface area contributed by atoms with E-state index in [1.54, 1.807) is 0 Å². The molecule has 0 atom stereocenters. The molecule has 2 N–H and O–H groups in total. The van der Waals surface area contributed by atoms with Crippen molar-refractivity contribution in [3.63, 3.8) is 0 Å². The van der Waals surface area contributed by atoms with Gasteiger partial charge >= 0.3 is 5.97 Å². The zero-order valence-electron chi connectivity index (χ0n) is 10.6. The van der Waals surface area contributed by atoms with Crippen LogP contribution < -0.4 is 5.32 Å². The molecule has 1 aromatic carbocycles. The molecule has 1 aromatic rings. The number of rotatable bonds is 6. The van der Waals surface area contributed by atoms with Crippen molar-refractivity contribution >= 4 is 24.5 Å². The molecule has 2 rings (SSSR count). The maximum Gasteiger partial charge on any atom is 0.329 e. The van der Waals surface area contributed by atoms with Crippen molar-refractivity contribution in [1.29, 1.82) is 0 Å². The van der Waals surface area contributed by atoms with Crippen LogP contribution in [0.1, 0.15) is 30.4 Å². The number of aliphatic carboxylic acids is 1. The first kappa shape index (κ1) is 13.9. The van der Waals surface area contributed by atoms with Crippen LogP contribution in [0, 0.1) is 0 Å². The highest BCUT2D eigenvalue weighted by molar-refractivity contribution is 7.79. The van der Waals surface area contributed by atoms with E-state index in [0.717, 1.165) is 11.1 Å². The lowest BCUT2D eigenvalue weighted by atomic mass is 10.0. The molecule has 1 aliphatic rings. The molecular formula is C14H17NO3S. The predicted molar refractivity (Wildman–Crippen MR) is 75.2 cm³/mol. The minimum absolute atomic E-state index is 0.200. The molecule has 1 aliphatic carbocycles. The number of benzene rings is 1. The summed E-state index contributed by atoms with van der Waals surface area (Å²) in [6.07, 6.45) is 1.97. The van der Waals surface area contributed by atoms with Crippen LogP contribution in [0.2, 0.25) is 0 Å². The fraction of sp³-hybridized carbons (Fsp3) is 0.429. The van der Waals surface area contributed by atoms with E-state index in [2.05, 4.69) is 17.9 Å². The number of carboxylic acid groups (broad SMARTS) is 1. The Labute approximate surface area is 117 Å². The van der Waals surface area contributed by atoms with Crippen molar-refractivity contribution in [2.24, 2.45) is 0 Å². The van der Waals surface area contributed by atoms with Crippen LogP contribution in [0.5, 0.6) is 0 Å². The maximum atomic E-state index is 11.8. The lowest BCUT2D eigenvalue weighted by Crippen LogP contribution is -2.43. The van der Waals surface area contributed by atoms with Gasteiger partial charge in [-0.25, -0.2) is 4.79 Å². The number of hydrogen-bond acceptors (Lipinski definition) is 3. The molecule has 0 bridgehead atoms. The Morgan fingerprint density at radius 1 is 1.26 bits per heavy atom. The second kappa shape index (κ2) is 5.65. The third-order valence-corrected chi connectivity index (χ3v) is 3.79. The summed E-state index contributed by atoms with van der Waals surface area (Å²) in [7, 11) is 0. The number of aryl methyl sites for hydroxylation is 1. The molecule has 1 amide bonds. The standard InChI is InChI=1S/C14H17NO3S/c16-12(15-14(7-8-14)13(17)18)6-5-10-3-1-2-4-11(10)9-19/h1-4,19H,5-9H2,(H,15,16)(H,17,18). The van der Waals surface area contributed by atoms with Crippen LogP contribution in [0.25, 0.3) is 0 Å². The molecular weight excluding hydrogens is 262 g/mol. The molecule has 0 aromatic heterocycles. The van der Waals surface area contributed by atoms with Crippen molar-refractivity contribution in [1.82, 2.24) is 5.32 Å². The third-order valence-electron chi connectivity index (χ3n) is 3.45. The van der Waals surface area contributed by atoms with E-state index in [-0.39, 0.29) is 5.91 Å². The molecule has 0 spiro atoms. The summed E-state index contributed by atoms with van der Waals surface area (Å²) >= 11 is 4.25. The average Bonchev–Trinajstić information content (AvgIpc) is 3.17. The van der Waals surface area contributed by atoms with Gasteiger partial charge < -0.3 is 10.4 Å². The first-order valence-corrected chi connectivity index (χ1v) is 6.93. The molecule has 0 aliphatic heterocycles. The highest BCUT2D eigenvalue weighted by Gasteiger charge is 2.51. The van der Waals surface area contributed by atoms with E-state index >= 15 is 0 Å². The first-order valence-electron chi connectivity index (χ1n) is 6.29. The second-order valence-electron chi connectivity index (χ2n) is 4.86. The number of nitrogens with one attached hydrogen (secondary N) is 1. The SMILES string of the molecule is O=C(CCc1ccccc1CS)NC1(C(=O)O)CC1. The maximum absolute atomic E-state index is 11.8. The molecule has 1 saturated carbocycles. The number of hydrogen-bond donors (Lipinski definition) is 3. The van der Waals surface area contributed by atoms with Crippen LogP contribution in [-0.2, 0) is 21.8 Å². The van der Waals surface area contributed by atoms with E-state index in [1.165, 1.54) is 0 Å². The van der Waals surface area contributed by atoms with Crippen LogP contribution in [0.4, 0.5) is 0 Å². The lowest BCUT2D eigenvalue weighted by molar-refractivity contribution is -0.143. The molecule has 0 radical (unpaired) electrons. The molecule has 0 saturated heterocycles. The summed E-state index contributed by atoms with van der Waals surface area (Å²) in [5.41, 5.74) is 1.21. The fourth-order valence-electron chi connectivity index (χ4n) is 2.05. The number of amides is 1. The van der Waals surface area contributed by atoms with Crippen molar-refractivity contribution in [3.8, 4) is 0 Å². The highest BCUT2D eigenvalue weighted by atomic mass is 32.1. The summed E-state index contributed by atoms with van der Waals surface area (Å²) in [4.78, 5) is 22.8. The van der Waals surface area contributed by atoms with E-state index < -0.39 is 11.5 Å². The van der Waals surface area contributed by atoms with E-state index in [1.807, 2.05) is 24.3 Å². The molecule has 1 fully saturated rings. The van der Waals surface area contributed by atoms with E-state index in [4.69, 9.17) is 5.11 Å². The van der Waals surface area contributed by atoms with Gasteiger partial charge in [-0.05, 0) is 30.4 Å². The fourth-order valence-corrected chi connectivity index (χ4v) is 2.36. The second-order valence-corrected chi connectivity index (χ2v) is 5.18. The van der Waals surface area contributed by atoms with Gasteiger partial charge in [0, 0.05) is 12.2 Å². The normalized spacial score (nSPS) is 15.8. The number of thiol groups is 1. The molecule has 19 heavy (non-hydrogen) atoms. The number of carbonyl (C=O) groups excluding carboxylic acids is 1. The minimum Gasteiger partial charge on any atom is -0.480 e. The highest BCUT2D eigenvalue weighted by Crippen LogP contribution is 2.35. The first-order chi connectivity index (χ1) is 9.07. The van der Waals surface area contributed by atoms with E-state index in [9.17, 15) is 9.59 Å². The molecule has 0 unspecified atom stereocenters. The number of carbonyl (C=O) groups is 2. The van der Waals surface area contributed by atoms with Gasteiger partial charge in [0.2, 0.25) is 5.91 Å². The minimum atomic E-state index is -0.986. The average molecular weight is 279 g/mol. The lowest BCUT2D eigenvalue weighted by Gasteiger charge is -2.13. The summed E-state index contributed by atoms with van der Waals surface area (Å²) in [5, 5.41) is 11.6. The van der Waals surface area contributed by atoms with Crippen LogP contribution in [0.15, 0.2) is 24.3 Å². The monoisotopic (exact) mass is 279 g/mol. The van der Waals surface area contributed by atoms with Gasteiger partial charge in [0.1, 0.15) is 5.54 Å². The molecule has 4 nitrogen and oxygen atoms in total. The Morgan fingerprint density at radius 3 is 2.42 bits per heavy atom. The summed E-state index contributed by atoms with van der Waals surface area (Å²) in [6, 6.07) is 7.83. The van der Waals surface area contributed by atoms with Gasteiger partial charge in [-0.1, -0.05) is 24.3 Å². The van der Waals surface area contributed by atoms with Crippen molar-refractivity contribution in [2.45, 2.75) is 37.0 Å². The Hall–Kier alpha value is -1.49. The summed E-state index contributed by atoms with van der Waals surface area (Å²) < 4.78 is 0. The third kappa shape index (κ3) is 3.29. The number of carboxylic acids is 1. The molecule has 5 heteroatoms. The summed E-state index contributed by atoms with van der Waals surface area (Å²) in [6.45, 7) is 0. The smallest absolute Gasteiger partial charge is 0.329 e. The topological polar surface area (TPSA) is 66.4 Å². The van der Waals surface area contributed by atoms with Crippen LogP contribution in [0.3, 0.4) is 0 Å². The van der Waals surface area contributed by atoms with Gasteiger partial charge in [-0.15, -0.1) is 0 Å². The zero-order chi connectivity index (χ0) is 13.9. The Balaban J connectivity index is 1.89. The van der Waals surface area contributed by atoms with E-state index in [0.29, 0.717) is 31.4 Å². The summed E-state index contributed by atoms with van der Waals surface area (Å²) in [5.74, 6) is -0.498. The van der Waals surface area contributed by atoms with Gasteiger partial charge in [0.05, 0.1) is 0 Å². The molecule has 0 heterocycles. The van der Waals surface area contributed by atoms with Crippen molar-refractivity contribution in [3.05, 3.63) is 35.4 Å². The quantitative estimate of drug-likeness (QED) is 0.695. The van der Waals surface area contributed by atoms with Crippen molar-refractivity contribution < 1.29 is 14.7 Å². The Morgan fingerprint density at radius 2 is 1.89 bits per heavy atom. The Bertz CT molecular complexity index is 497. The van der Waals surface area contributed by atoms with Crippen LogP contribution >= 0.6 is 12.6 Å². The van der Waals surface area contributed by atoms with Crippen LogP contribution in [-0.4, -0.2) is 22.5 Å². The van der Waals surface area contributed by atoms with Crippen molar-refractivity contribution in [2.75, 3.05) is 0 Å². The van der Waals surface area contributed by atoms with Gasteiger partial charge in [0.15, 0.2) is 0 Å². The van der Waals surface area contributed by atoms with Gasteiger partial charge in [-0.3, -0.25) is 4.79 Å². The van der Waals surface area contributed by atoms with Gasteiger partial charge in [-0.2, -0.15) is 12.6 Å². The zero-order valence-corrected chi connectivity index (χ0v) is 11.5.